The summed E-state index contributed by atoms with van der Waals surface area (Å²) in [6.45, 7) is 6.37. The number of aryl methyl sites for hydroxylation is 1. The number of nitrogens with one attached hydrogen (secondary N) is 1. The molecule has 1 saturated heterocycles. The van der Waals surface area contributed by atoms with Crippen molar-refractivity contribution < 1.29 is 19.1 Å². The van der Waals surface area contributed by atoms with Gasteiger partial charge in [0.25, 0.3) is 0 Å². The van der Waals surface area contributed by atoms with Crippen LogP contribution in [-0.4, -0.2) is 80.1 Å². The zero-order chi connectivity index (χ0) is 29.2. The maximum Gasteiger partial charge on any atom is 0.322 e. The van der Waals surface area contributed by atoms with Crippen molar-refractivity contribution in [3.8, 4) is 11.5 Å². The summed E-state index contributed by atoms with van der Waals surface area (Å²) in [5, 5.41) is 5.03. The van der Waals surface area contributed by atoms with Crippen molar-refractivity contribution in [3.63, 3.8) is 0 Å². The van der Waals surface area contributed by atoms with E-state index >= 15 is 0 Å². The monoisotopic (exact) mass is 642 g/mol. The summed E-state index contributed by atoms with van der Waals surface area (Å²) in [5.74, 6) is 1.25. The van der Waals surface area contributed by atoms with Crippen LogP contribution in [0.1, 0.15) is 28.8 Å². The van der Waals surface area contributed by atoms with Crippen LogP contribution in [0.25, 0.3) is 0 Å². The van der Waals surface area contributed by atoms with Crippen LogP contribution in [0.3, 0.4) is 0 Å². The average molecular weight is 644 g/mol. The van der Waals surface area contributed by atoms with E-state index in [2.05, 4.69) is 44.5 Å². The number of nitrogens with zero attached hydrogens (tertiary/aromatic N) is 3. The van der Waals surface area contributed by atoms with E-state index in [1.165, 1.54) is 12.8 Å². The van der Waals surface area contributed by atoms with Crippen molar-refractivity contribution in [2.24, 2.45) is 0 Å². The third-order valence-electron chi connectivity index (χ3n) is 7.35. The molecule has 3 aromatic rings. The van der Waals surface area contributed by atoms with Gasteiger partial charge in [-0.15, -0.1) is 11.3 Å². The lowest BCUT2D eigenvalue weighted by molar-refractivity contribution is -0.132. The van der Waals surface area contributed by atoms with Gasteiger partial charge in [0, 0.05) is 34.7 Å². The predicted molar refractivity (Wildman–Crippen MR) is 168 cm³/mol. The normalized spacial score (nSPS) is 13.2. The molecule has 0 unspecified atom stereocenters. The zero-order valence-corrected chi connectivity index (χ0v) is 26.4. The van der Waals surface area contributed by atoms with Crippen molar-refractivity contribution in [2.45, 2.75) is 32.7 Å². The van der Waals surface area contributed by atoms with Crippen LogP contribution in [-0.2, 0) is 17.8 Å². The van der Waals surface area contributed by atoms with Gasteiger partial charge >= 0.3 is 6.03 Å². The Morgan fingerprint density at radius 1 is 1.00 bits per heavy atom. The number of rotatable bonds is 13. The second kappa shape index (κ2) is 15.2. The number of anilines is 1. The summed E-state index contributed by atoms with van der Waals surface area (Å²) in [5.41, 5.74) is 2.89. The highest BCUT2D eigenvalue weighted by Gasteiger charge is 2.24. The molecule has 0 spiro atoms. The summed E-state index contributed by atoms with van der Waals surface area (Å²) >= 11 is 5.11. The Kier molecular flexibility index (Phi) is 11.5. The number of hydrogen-bond donors (Lipinski definition) is 1. The van der Waals surface area contributed by atoms with Crippen molar-refractivity contribution in [1.82, 2.24) is 14.7 Å². The highest BCUT2D eigenvalue weighted by atomic mass is 79.9. The Morgan fingerprint density at radius 3 is 2.46 bits per heavy atom. The highest BCUT2D eigenvalue weighted by molar-refractivity contribution is 9.10. The zero-order valence-electron chi connectivity index (χ0n) is 24.0. The molecule has 1 aromatic heterocycles. The summed E-state index contributed by atoms with van der Waals surface area (Å²) in [6, 6.07) is 15.1. The van der Waals surface area contributed by atoms with Crippen molar-refractivity contribution in [1.29, 1.82) is 0 Å². The third kappa shape index (κ3) is 8.95. The van der Waals surface area contributed by atoms with Gasteiger partial charge in [-0.1, -0.05) is 28.1 Å². The number of ether oxygens (including phenoxy) is 2. The largest absolute Gasteiger partial charge is 0.493 e. The van der Waals surface area contributed by atoms with E-state index < -0.39 is 0 Å². The standard InChI is InChI=1S/C31H39BrN4O4S/c1-23-12-18-41-29(23)21-35(15-11-24-9-10-27(39-2)28(19-24)40-3)30(37)22-36(17-16-34-13-4-5-14-34)31(38)33-26-8-6-7-25(32)20-26/h6-10,12,18-20H,4-5,11,13-17,21-22H2,1-3H3,(H,33,38). The number of benzene rings is 2. The summed E-state index contributed by atoms with van der Waals surface area (Å²) in [4.78, 5) is 34.4. The number of carbonyl (C=O) groups is 2. The van der Waals surface area contributed by atoms with Gasteiger partial charge in [-0.05, 0) is 92.2 Å². The number of methoxy groups -OCH3 is 2. The summed E-state index contributed by atoms with van der Waals surface area (Å²) < 4.78 is 11.7. The quantitative estimate of drug-likeness (QED) is 0.246. The minimum Gasteiger partial charge on any atom is -0.493 e. The molecular formula is C31H39BrN4O4S. The van der Waals surface area contributed by atoms with Crippen LogP contribution >= 0.6 is 27.3 Å². The molecule has 0 radical (unpaired) electrons. The van der Waals surface area contributed by atoms with Crippen molar-refractivity contribution in [2.75, 3.05) is 58.8 Å². The molecule has 8 nitrogen and oxygen atoms in total. The molecule has 0 aliphatic carbocycles. The maximum absolute atomic E-state index is 13.9. The van der Waals surface area contributed by atoms with Crippen LogP contribution in [0.2, 0.25) is 0 Å². The van der Waals surface area contributed by atoms with E-state index in [9.17, 15) is 9.59 Å². The Balaban J connectivity index is 1.50. The first-order valence-electron chi connectivity index (χ1n) is 13.9. The lowest BCUT2D eigenvalue weighted by Crippen LogP contribution is -2.47. The van der Waals surface area contributed by atoms with E-state index in [1.54, 1.807) is 30.5 Å². The van der Waals surface area contributed by atoms with Gasteiger partial charge in [0.15, 0.2) is 11.5 Å². The third-order valence-corrected chi connectivity index (χ3v) is 8.85. The molecule has 0 saturated carbocycles. The summed E-state index contributed by atoms with van der Waals surface area (Å²) in [6.07, 6.45) is 3.00. The number of halogens is 1. The maximum atomic E-state index is 13.9. The van der Waals surface area contributed by atoms with Gasteiger partial charge in [-0.25, -0.2) is 4.79 Å². The number of likely N-dealkylation sites (tertiary alicyclic amines) is 1. The van der Waals surface area contributed by atoms with Gasteiger partial charge in [0.1, 0.15) is 6.54 Å². The van der Waals surface area contributed by atoms with Crippen LogP contribution in [0.15, 0.2) is 58.4 Å². The van der Waals surface area contributed by atoms with Gasteiger partial charge in [0.2, 0.25) is 5.91 Å². The van der Waals surface area contributed by atoms with Crippen molar-refractivity contribution in [3.05, 3.63) is 74.4 Å². The van der Waals surface area contributed by atoms with Gasteiger partial charge < -0.3 is 29.5 Å². The minimum absolute atomic E-state index is 0.00400. The molecule has 3 amide bonds. The molecule has 2 heterocycles. The Morgan fingerprint density at radius 2 is 1.78 bits per heavy atom. The fourth-order valence-electron chi connectivity index (χ4n) is 4.88. The molecule has 220 valence electrons. The van der Waals surface area contributed by atoms with Crippen LogP contribution in [0.5, 0.6) is 11.5 Å². The number of amides is 3. The molecule has 1 fully saturated rings. The number of urea groups is 1. The Labute approximate surface area is 255 Å². The molecular weight excluding hydrogens is 604 g/mol. The molecule has 4 rings (SSSR count). The van der Waals surface area contributed by atoms with E-state index in [-0.39, 0.29) is 18.5 Å². The number of hydrogen-bond acceptors (Lipinski definition) is 6. The van der Waals surface area contributed by atoms with E-state index in [0.29, 0.717) is 43.2 Å². The molecule has 41 heavy (non-hydrogen) atoms. The Bertz CT molecular complexity index is 1310. The van der Waals surface area contributed by atoms with Crippen LogP contribution < -0.4 is 14.8 Å². The Hall–Kier alpha value is -3.08. The van der Waals surface area contributed by atoms with Crippen LogP contribution in [0.4, 0.5) is 10.5 Å². The molecule has 1 N–H and O–H groups in total. The topological polar surface area (TPSA) is 74.4 Å². The first kappa shape index (κ1) is 30.9. The van der Waals surface area contributed by atoms with Gasteiger partial charge in [0.05, 0.1) is 20.8 Å². The molecule has 0 atom stereocenters. The predicted octanol–water partition coefficient (Wildman–Crippen LogP) is 6.04. The molecule has 0 bridgehead atoms. The number of carbonyl (C=O) groups excluding carboxylic acids is 2. The molecule has 10 heteroatoms. The fraction of sp³-hybridized carbons (Fsp3) is 0.419. The van der Waals surface area contributed by atoms with E-state index in [4.69, 9.17) is 9.47 Å². The van der Waals surface area contributed by atoms with Gasteiger partial charge in [-0.3, -0.25) is 4.79 Å². The smallest absolute Gasteiger partial charge is 0.322 e. The van der Waals surface area contributed by atoms with Crippen molar-refractivity contribution >= 4 is 44.9 Å². The second-order valence-corrected chi connectivity index (χ2v) is 12.1. The van der Waals surface area contributed by atoms with Gasteiger partial charge in [-0.2, -0.15) is 0 Å². The summed E-state index contributed by atoms with van der Waals surface area (Å²) in [7, 11) is 3.23. The molecule has 1 aliphatic rings. The van der Waals surface area contributed by atoms with Crippen LogP contribution in [0, 0.1) is 6.92 Å². The first-order chi connectivity index (χ1) is 19.9. The van der Waals surface area contributed by atoms with E-state index in [0.717, 1.165) is 40.1 Å². The van der Waals surface area contributed by atoms with E-state index in [1.807, 2.05) is 47.4 Å². The SMILES string of the molecule is COc1ccc(CCN(Cc2sccc2C)C(=O)CN(CCN2CCCC2)C(=O)Nc2cccc(Br)c2)cc1OC. The molecule has 2 aromatic carbocycles. The second-order valence-electron chi connectivity index (χ2n) is 10.2. The number of thiophene rings is 1. The molecule has 1 aliphatic heterocycles. The lowest BCUT2D eigenvalue weighted by Gasteiger charge is -2.29. The highest BCUT2D eigenvalue weighted by Crippen LogP contribution is 2.28. The average Bonchev–Trinajstić information content (AvgIpc) is 3.64. The fourth-order valence-corrected chi connectivity index (χ4v) is 6.20. The minimum atomic E-state index is -0.275. The first-order valence-corrected chi connectivity index (χ1v) is 15.6. The lowest BCUT2D eigenvalue weighted by atomic mass is 10.1.